The summed E-state index contributed by atoms with van der Waals surface area (Å²) in [4.78, 5) is 18.2. The number of carbonyl (C=O) groups is 1. The average molecular weight is 589 g/mol. The molecule has 216 valence electrons. The van der Waals surface area contributed by atoms with Crippen LogP contribution in [0.25, 0.3) is 0 Å². The molecule has 2 aliphatic rings. The van der Waals surface area contributed by atoms with Crippen LogP contribution in [0.3, 0.4) is 0 Å². The lowest BCUT2D eigenvalue weighted by Gasteiger charge is -2.20. The average Bonchev–Trinajstić information content (AvgIpc) is 3.50. The highest BCUT2D eigenvalue weighted by molar-refractivity contribution is 8.25. The summed E-state index contributed by atoms with van der Waals surface area (Å²) in [7, 11) is 1.39. The number of hydrogen-bond acceptors (Lipinski definition) is 6. The zero-order valence-corrected chi connectivity index (χ0v) is 26.6. The lowest BCUT2D eigenvalue weighted by atomic mass is 10.0. The normalized spacial score (nSPS) is 17.0. The van der Waals surface area contributed by atoms with Crippen LogP contribution in [0.1, 0.15) is 110 Å². The predicted octanol–water partition coefficient (Wildman–Crippen LogP) is 10.7. The predicted molar refractivity (Wildman–Crippen MR) is 175 cm³/mol. The highest BCUT2D eigenvalue weighted by Crippen LogP contribution is 2.46. The number of rotatable bonds is 18. The van der Waals surface area contributed by atoms with Crippen LogP contribution in [0.2, 0.25) is 0 Å². The van der Waals surface area contributed by atoms with Gasteiger partial charge >= 0.3 is 6.09 Å². The molecule has 1 amide bonds. The highest BCUT2D eigenvalue weighted by atomic mass is 32.2. The van der Waals surface area contributed by atoms with Crippen LogP contribution in [0, 0.1) is 0 Å². The van der Waals surface area contributed by atoms with E-state index in [-0.39, 0.29) is 0 Å². The molecule has 0 atom stereocenters. The van der Waals surface area contributed by atoms with Crippen molar-refractivity contribution in [1.29, 1.82) is 0 Å². The third-order valence-electron chi connectivity index (χ3n) is 7.43. The Morgan fingerprint density at radius 1 is 0.846 bits per heavy atom. The fraction of sp³-hybridized carbons (Fsp3) is 0.625. The van der Waals surface area contributed by atoms with Crippen molar-refractivity contribution in [2.45, 2.75) is 115 Å². The van der Waals surface area contributed by atoms with Gasteiger partial charge in [-0.15, -0.1) is 0 Å². The third kappa shape index (κ3) is 11.2. The molecule has 2 aliphatic heterocycles. The largest absolute Gasteiger partial charge is 0.452 e. The van der Waals surface area contributed by atoms with Crippen LogP contribution in [-0.4, -0.2) is 35.5 Å². The zero-order valence-electron chi connectivity index (χ0n) is 24.1. The summed E-state index contributed by atoms with van der Waals surface area (Å²) in [5.74, 6) is 0. The van der Waals surface area contributed by atoms with E-state index in [4.69, 9.17) is 17.0 Å². The summed E-state index contributed by atoms with van der Waals surface area (Å²) in [6.45, 7) is 3.81. The van der Waals surface area contributed by atoms with Gasteiger partial charge in [-0.1, -0.05) is 151 Å². The van der Waals surface area contributed by atoms with Gasteiger partial charge in [-0.05, 0) is 30.7 Å². The van der Waals surface area contributed by atoms with Crippen molar-refractivity contribution >= 4 is 51.8 Å². The van der Waals surface area contributed by atoms with E-state index < -0.39 is 6.09 Å². The van der Waals surface area contributed by atoms with Crippen LogP contribution < -0.4 is 4.90 Å². The Balaban J connectivity index is 1.32. The van der Waals surface area contributed by atoms with Gasteiger partial charge in [-0.3, -0.25) is 4.90 Å². The van der Waals surface area contributed by atoms with E-state index >= 15 is 0 Å². The van der Waals surface area contributed by atoms with Crippen LogP contribution >= 0.6 is 35.7 Å². The minimum atomic E-state index is -0.392. The third-order valence-corrected chi connectivity index (χ3v) is 9.95. The zero-order chi connectivity index (χ0) is 27.7. The van der Waals surface area contributed by atoms with E-state index in [0.717, 1.165) is 11.4 Å². The lowest BCUT2D eigenvalue weighted by molar-refractivity contribution is 0.150. The molecule has 0 saturated carbocycles. The number of nitrogens with zero attached hydrogens (tertiary/aromatic N) is 2. The van der Waals surface area contributed by atoms with Crippen molar-refractivity contribution in [1.82, 2.24) is 4.90 Å². The molecule has 0 radical (unpaired) electrons. The van der Waals surface area contributed by atoms with E-state index in [1.807, 2.05) is 11.8 Å². The molecule has 7 heteroatoms. The Bertz CT molecular complexity index is 962. The van der Waals surface area contributed by atoms with Gasteiger partial charge in [0.05, 0.1) is 24.4 Å². The fourth-order valence-electron chi connectivity index (χ4n) is 5.15. The first-order chi connectivity index (χ1) is 19.1. The number of amides is 1. The van der Waals surface area contributed by atoms with Crippen molar-refractivity contribution in [3.8, 4) is 0 Å². The second-order valence-corrected chi connectivity index (χ2v) is 13.4. The topological polar surface area (TPSA) is 32.8 Å². The first-order valence-corrected chi connectivity index (χ1v) is 17.2. The van der Waals surface area contributed by atoms with Crippen molar-refractivity contribution in [3.63, 3.8) is 0 Å². The fourth-order valence-corrected chi connectivity index (χ4v) is 7.50. The molecule has 39 heavy (non-hydrogen) atoms. The van der Waals surface area contributed by atoms with Gasteiger partial charge in [0.1, 0.15) is 0 Å². The Labute approximate surface area is 251 Å². The first kappa shape index (κ1) is 32.1. The number of benzene rings is 1. The Morgan fingerprint density at radius 3 is 2.00 bits per heavy atom. The van der Waals surface area contributed by atoms with Gasteiger partial charge in [0, 0.05) is 16.3 Å². The van der Waals surface area contributed by atoms with Gasteiger partial charge in [0.2, 0.25) is 0 Å². The van der Waals surface area contributed by atoms with Crippen molar-refractivity contribution in [2.24, 2.45) is 0 Å². The number of ether oxygens (including phenoxy) is 1. The number of allylic oxidation sites excluding steroid dienone is 2. The molecule has 2 heterocycles. The van der Waals surface area contributed by atoms with Gasteiger partial charge in [-0.2, -0.15) is 0 Å². The summed E-state index contributed by atoms with van der Waals surface area (Å²) in [5.41, 5.74) is 1.30. The molecular formula is C32H48N2O2S3. The van der Waals surface area contributed by atoms with Gasteiger partial charge in [0.15, 0.2) is 4.32 Å². The van der Waals surface area contributed by atoms with E-state index in [0.29, 0.717) is 10.9 Å². The summed E-state index contributed by atoms with van der Waals surface area (Å²) >= 11 is 8.65. The second-order valence-electron chi connectivity index (χ2n) is 10.6. The molecular weight excluding hydrogens is 541 g/mol. The molecule has 1 aromatic carbocycles. The summed E-state index contributed by atoms with van der Waals surface area (Å²) in [5, 5.41) is 1.24. The standard InChI is InChI=1S/C32H48N2O2S3/c1-3-4-5-6-7-8-9-10-11-12-13-14-15-16-17-20-25-33-28-21-18-19-22-29(28)39-30(33)24-23-27-26-34(31(35)36-2)32(37)38-27/h18-19,21-24H,3-17,20,25-26H2,1-2H3/b27-23-,30-24+. The molecule has 1 aromatic rings. The lowest BCUT2D eigenvalue weighted by Crippen LogP contribution is -2.30. The maximum absolute atomic E-state index is 11.9. The molecule has 0 unspecified atom stereocenters. The molecule has 0 bridgehead atoms. The molecule has 1 fully saturated rings. The van der Waals surface area contributed by atoms with Crippen LogP contribution in [0.15, 0.2) is 51.2 Å². The van der Waals surface area contributed by atoms with Gasteiger partial charge in [0.25, 0.3) is 0 Å². The molecule has 0 aliphatic carbocycles. The Morgan fingerprint density at radius 2 is 1.41 bits per heavy atom. The summed E-state index contributed by atoms with van der Waals surface area (Å²) in [6.07, 6.45) is 26.1. The molecule has 0 spiro atoms. The van der Waals surface area contributed by atoms with Gasteiger partial charge in [-0.25, -0.2) is 4.79 Å². The number of methoxy groups -OCH3 is 1. The number of carbonyl (C=O) groups excluding carboxylic acids is 1. The Kier molecular flexibility index (Phi) is 15.5. The summed E-state index contributed by atoms with van der Waals surface area (Å²) < 4.78 is 5.40. The van der Waals surface area contributed by atoms with Crippen molar-refractivity contribution < 1.29 is 9.53 Å². The maximum atomic E-state index is 11.9. The quantitative estimate of drug-likeness (QED) is 0.125. The SMILES string of the molecule is CCCCCCCCCCCCCCCCCCN1/C(=C\C=C2\CN(C(=O)OC)C(=S)S2)Sc2ccccc21. The number of hydrogen-bond donors (Lipinski definition) is 0. The van der Waals surface area contributed by atoms with Crippen LogP contribution in [-0.2, 0) is 4.74 Å². The number of thioether (sulfide) groups is 2. The minimum absolute atomic E-state index is 0.392. The van der Waals surface area contributed by atoms with Crippen LogP contribution in [0.5, 0.6) is 0 Å². The first-order valence-electron chi connectivity index (χ1n) is 15.2. The smallest absolute Gasteiger partial charge is 0.415 e. The Hall–Kier alpha value is -1.44. The van der Waals surface area contributed by atoms with E-state index in [9.17, 15) is 4.79 Å². The maximum Gasteiger partial charge on any atom is 0.415 e. The molecule has 0 aromatic heterocycles. The molecule has 1 saturated heterocycles. The molecule has 4 nitrogen and oxygen atoms in total. The number of thiocarbonyl (C=S) groups is 1. The molecule has 0 N–H and O–H groups in total. The number of unbranched alkanes of at least 4 members (excludes halogenated alkanes) is 15. The number of para-hydroxylation sites is 1. The summed E-state index contributed by atoms with van der Waals surface area (Å²) in [6, 6.07) is 8.66. The second kappa shape index (κ2) is 18.8. The monoisotopic (exact) mass is 588 g/mol. The highest BCUT2D eigenvalue weighted by Gasteiger charge is 2.29. The van der Waals surface area contributed by atoms with Gasteiger partial charge < -0.3 is 9.64 Å². The number of fused-ring (bicyclic) bond motifs is 1. The van der Waals surface area contributed by atoms with E-state index in [1.165, 1.54) is 142 Å². The van der Waals surface area contributed by atoms with Crippen molar-refractivity contribution in [2.75, 3.05) is 25.1 Å². The minimum Gasteiger partial charge on any atom is -0.452 e. The van der Waals surface area contributed by atoms with Crippen molar-refractivity contribution in [3.05, 3.63) is 46.4 Å². The van der Waals surface area contributed by atoms with E-state index in [1.54, 1.807) is 0 Å². The van der Waals surface area contributed by atoms with Crippen LogP contribution in [0.4, 0.5) is 10.5 Å². The molecule has 3 rings (SSSR count). The van der Waals surface area contributed by atoms with E-state index in [2.05, 4.69) is 48.2 Å². The number of anilines is 1.